The van der Waals surface area contributed by atoms with Crippen LogP contribution in [0.3, 0.4) is 0 Å². The van der Waals surface area contributed by atoms with Crippen LogP contribution in [0.1, 0.15) is 11.1 Å². The molecule has 100 valence electrons. The van der Waals surface area contributed by atoms with Crippen LogP contribution in [-0.4, -0.2) is 16.4 Å². The summed E-state index contributed by atoms with van der Waals surface area (Å²) in [7, 11) is -2.95. The fraction of sp³-hybridized carbons (Fsp3) is 0.467. The lowest BCUT2D eigenvalue weighted by Gasteiger charge is -2.29. The zero-order valence-corrected chi connectivity index (χ0v) is 14.8. The molecule has 3 heteroatoms. The maximum atomic E-state index is 6.30. The zero-order valence-electron chi connectivity index (χ0n) is 12.8. The maximum absolute atomic E-state index is 6.30. The molecule has 0 saturated heterocycles. The molecule has 18 heavy (non-hydrogen) atoms. The molecule has 0 heterocycles. The molecule has 0 spiro atoms. The van der Waals surface area contributed by atoms with Crippen LogP contribution in [0.25, 0.3) is 6.08 Å². The molecule has 0 radical (unpaired) electrons. The highest BCUT2D eigenvalue weighted by Gasteiger charge is 2.27. The summed E-state index contributed by atoms with van der Waals surface area (Å²) in [6, 6.07) is 8.65. The molecule has 1 rings (SSSR count). The molecule has 0 aliphatic heterocycles. The van der Waals surface area contributed by atoms with E-state index in [4.69, 9.17) is 4.43 Å². The van der Waals surface area contributed by atoms with Gasteiger partial charge in [0.2, 0.25) is 8.32 Å². The predicted molar refractivity (Wildman–Crippen MR) is 86.9 cm³/mol. The Morgan fingerprint density at radius 1 is 0.944 bits per heavy atom. The minimum Gasteiger partial charge on any atom is -0.551 e. The molecule has 1 aromatic rings. The van der Waals surface area contributed by atoms with E-state index in [0.717, 1.165) is 0 Å². The van der Waals surface area contributed by atoms with Crippen LogP contribution in [-0.2, 0) is 4.43 Å². The SMILES string of the molecule is Cc1ccc(/C=C(/O[Si](C)(C)C)[Si](C)(C)C)cc1. The molecule has 1 aromatic carbocycles. The molecule has 0 N–H and O–H groups in total. The summed E-state index contributed by atoms with van der Waals surface area (Å²) in [5.41, 5.74) is 2.55. The standard InChI is InChI=1S/C15H26OSi2/c1-13-8-10-14(11-9-13)12-15(17(2,3)4)16-18(5,6)7/h8-12H,1-7H3/b15-12-. The normalized spacial score (nSPS) is 13.6. The molecule has 0 bridgehead atoms. The molecule has 0 aliphatic rings. The number of hydrogen-bond acceptors (Lipinski definition) is 1. The van der Waals surface area contributed by atoms with Crippen molar-refractivity contribution in [3.63, 3.8) is 0 Å². The van der Waals surface area contributed by atoms with E-state index in [2.05, 4.69) is 76.5 Å². The summed E-state index contributed by atoms with van der Waals surface area (Å²) in [4.78, 5) is 0. The van der Waals surface area contributed by atoms with Crippen molar-refractivity contribution in [3.8, 4) is 0 Å². The Kier molecular flexibility index (Phi) is 4.62. The monoisotopic (exact) mass is 278 g/mol. The van der Waals surface area contributed by atoms with Crippen molar-refractivity contribution in [3.05, 3.63) is 40.8 Å². The van der Waals surface area contributed by atoms with Crippen molar-refractivity contribution in [1.82, 2.24) is 0 Å². The van der Waals surface area contributed by atoms with E-state index < -0.39 is 16.4 Å². The van der Waals surface area contributed by atoms with Gasteiger partial charge in [-0.15, -0.1) is 0 Å². The van der Waals surface area contributed by atoms with E-state index in [1.165, 1.54) is 16.5 Å². The second-order valence-corrected chi connectivity index (χ2v) is 16.3. The molecule has 0 aliphatic carbocycles. The molecule has 0 amide bonds. The second kappa shape index (κ2) is 5.45. The summed E-state index contributed by atoms with van der Waals surface area (Å²) < 4.78 is 6.30. The first-order valence-corrected chi connectivity index (χ1v) is 13.5. The first kappa shape index (κ1) is 15.3. The number of hydrogen-bond donors (Lipinski definition) is 0. The highest BCUT2D eigenvalue weighted by atomic mass is 28.4. The van der Waals surface area contributed by atoms with E-state index in [1.807, 2.05) is 0 Å². The van der Waals surface area contributed by atoms with Crippen LogP contribution in [0, 0.1) is 6.92 Å². The lowest BCUT2D eigenvalue weighted by molar-refractivity contribution is 0.457. The Morgan fingerprint density at radius 3 is 1.83 bits per heavy atom. The van der Waals surface area contributed by atoms with Crippen molar-refractivity contribution in [2.45, 2.75) is 46.2 Å². The highest BCUT2D eigenvalue weighted by Crippen LogP contribution is 2.23. The molecular formula is C15H26OSi2. The number of aryl methyl sites for hydroxylation is 1. The van der Waals surface area contributed by atoms with E-state index in [1.54, 1.807) is 0 Å². The summed E-state index contributed by atoms with van der Waals surface area (Å²) in [5, 5.41) is 1.23. The van der Waals surface area contributed by atoms with Crippen molar-refractivity contribution < 1.29 is 4.43 Å². The van der Waals surface area contributed by atoms with Crippen molar-refractivity contribution in [1.29, 1.82) is 0 Å². The van der Waals surface area contributed by atoms with Gasteiger partial charge in [0, 0.05) is 0 Å². The van der Waals surface area contributed by atoms with Gasteiger partial charge in [0.1, 0.15) is 8.07 Å². The van der Waals surface area contributed by atoms with Crippen LogP contribution in [0.5, 0.6) is 0 Å². The van der Waals surface area contributed by atoms with Gasteiger partial charge in [-0.05, 0) is 38.2 Å². The molecular weight excluding hydrogens is 252 g/mol. The second-order valence-electron chi connectivity index (χ2n) is 6.88. The summed E-state index contributed by atoms with van der Waals surface area (Å²) in [5.74, 6) is 0. The molecule has 1 nitrogen and oxygen atoms in total. The molecule has 0 saturated carbocycles. The van der Waals surface area contributed by atoms with Crippen molar-refractivity contribution in [2.24, 2.45) is 0 Å². The summed E-state index contributed by atoms with van der Waals surface area (Å²) in [6.07, 6.45) is 2.24. The van der Waals surface area contributed by atoms with Crippen LogP contribution in [0.4, 0.5) is 0 Å². The smallest absolute Gasteiger partial charge is 0.241 e. The van der Waals surface area contributed by atoms with Crippen LogP contribution >= 0.6 is 0 Å². The van der Waals surface area contributed by atoms with Gasteiger partial charge in [-0.25, -0.2) is 0 Å². The molecule has 0 unspecified atom stereocenters. The highest BCUT2D eigenvalue weighted by molar-refractivity contribution is 6.84. The molecule has 0 aromatic heterocycles. The fourth-order valence-electron chi connectivity index (χ4n) is 1.54. The van der Waals surface area contributed by atoms with E-state index in [0.29, 0.717) is 0 Å². The van der Waals surface area contributed by atoms with Crippen LogP contribution < -0.4 is 0 Å². The van der Waals surface area contributed by atoms with Gasteiger partial charge in [-0.2, -0.15) is 0 Å². The van der Waals surface area contributed by atoms with Gasteiger partial charge in [0.25, 0.3) is 0 Å². The fourth-order valence-corrected chi connectivity index (χ4v) is 5.00. The third-order valence-corrected chi connectivity index (χ3v) is 5.29. The first-order chi connectivity index (χ1) is 8.08. The van der Waals surface area contributed by atoms with E-state index in [9.17, 15) is 0 Å². The third kappa shape index (κ3) is 5.23. The van der Waals surface area contributed by atoms with Crippen molar-refractivity contribution in [2.75, 3.05) is 0 Å². The van der Waals surface area contributed by atoms with Gasteiger partial charge in [-0.1, -0.05) is 49.5 Å². The Balaban J connectivity index is 3.07. The Morgan fingerprint density at radius 2 is 1.44 bits per heavy atom. The maximum Gasteiger partial charge on any atom is 0.241 e. The van der Waals surface area contributed by atoms with Gasteiger partial charge in [0.15, 0.2) is 0 Å². The minimum absolute atomic E-state index is 1.23. The Labute approximate surface area is 114 Å². The van der Waals surface area contributed by atoms with Crippen LogP contribution in [0.2, 0.25) is 39.3 Å². The van der Waals surface area contributed by atoms with Crippen LogP contribution in [0.15, 0.2) is 29.6 Å². The van der Waals surface area contributed by atoms with Crippen molar-refractivity contribution >= 4 is 22.5 Å². The van der Waals surface area contributed by atoms with Gasteiger partial charge >= 0.3 is 0 Å². The van der Waals surface area contributed by atoms with Gasteiger partial charge < -0.3 is 4.43 Å². The lowest BCUT2D eigenvalue weighted by atomic mass is 10.1. The summed E-state index contributed by atoms with van der Waals surface area (Å²) in [6.45, 7) is 15.9. The van der Waals surface area contributed by atoms with Gasteiger partial charge in [0.05, 0.1) is 5.38 Å². The first-order valence-electron chi connectivity index (χ1n) is 6.56. The minimum atomic E-state index is -1.53. The molecule has 0 atom stereocenters. The third-order valence-electron chi connectivity index (χ3n) is 2.53. The topological polar surface area (TPSA) is 9.23 Å². The van der Waals surface area contributed by atoms with E-state index in [-0.39, 0.29) is 0 Å². The molecule has 0 fully saturated rings. The lowest BCUT2D eigenvalue weighted by Crippen LogP contribution is -2.34. The zero-order chi connectivity index (χ0) is 14.0. The number of benzene rings is 1. The average molecular weight is 279 g/mol. The quantitative estimate of drug-likeness (QED) is 0.552. The van der Waals surface area contributed by atoms with Gasteiger partial charge in [-0.3, -0.25) is 0 Å². The predicted octanol–water partition coefficient (Wildman–Crippen LogP) is 5.06. The average Bonchev–Trinajstić information content (AvgIpc) is 2.17. The van der Waals surface area contributed by atoms with E-state index >= 15 is 0 Å². The Hall–Kier alpha value is -0.806. The number of rotatable bonds is 4. The largest absolute Gasteiger partial charge is 0.551 e. The Bertz CT molecular complexity index is 419. The summed E-state index contributed by atoms with van der Waals surface area (Å²) >= 11 is 0.